The number of carbonyl (C=O) groups excluding carboxylic acids is 1. The van der Waals surface area contributed by atoms with Gasteiger partial charge in [0.05, 0.1) is 4.47 Å². The molecule has 1 aromatic rings. The van der Waals surface area contributed by atoms with E-state index >= 15 is 0 Å². The van der Waals surface area contributed by atoms with E-state index in [2.05, 4.69) is 21.2 Å². The van der Waals surface area contributed by atoms with E-state index in [1.54, 1.807) is 25.1 Å². The highest BCUT2D eigenvalue weighted by atomic mass is 79.9. The van der Waals surface area contributed by atoms with Crippen molar-refractivity contribution in [2.45, 2.75) is 13.0 Å². The molecule has 0 saturated carbocycles. The average Bonchev–Trinajstić information content (AvgIpc) is 2.38. The van der Waals surface area contributed by atoms with Crippen LogP contribution in [-0.4, -0.2) is 30.1 Å². The van der Waals surface area contributed by atoms with Crippen LogP contribution in [0, 0.1) is 0 Å². The zero-order valence-corrected chi connectivity index (χ0v) is 12.1. The van der Waals surface area contributed by atoms with Gasteiger partial charge in [0.2, 0.25) is 0 Å². The Morgan fingerprint density at radius 2 is 2.16 bits per heavy atom. The van der Waals surface area contributed by atoms with Crippen molar-refractivity contribution in [2.24, 2.45) is 0 Å². The SMILES string of the molecule is CNC(=O)C(C)Oc1ccc(C=CC(=O)O)cc1Br. The van der Waals surface area contributed by atoms with Crippen LogP contribution < -0.4 is 10.1 Å². The summed E-state index contributed by atoms with van der Waals surface area (Å²) in [5, 5.41) is 11.0. The predicted octanol–water partition coefficient (Wildman–Crippen LogP) is 2.06. The largest absolute Gasteiger partial charge is 0.480 e. The van der Waals surface area contributed by atoms with Crippen LogP contribution in [0.4, 0.5) is 0 Å². The lowest BCUT2D eigenvalue weighted by atomic mass is 10.2. The second-order valence-electron chi connectivity index (χ2n) is 3.74. The van der Waals surface area contributed by atoms with Crippen molar-refractivity contribution in [2.75, 3.05) is 7.05 Å². The number of carboxylic acid groups (broad SMARTS) is 1. The van der Waals surface area contributed by atoms with Crippen LogP contribution in [0.25, 0.3) is 6.08 Å². The predicted molar refractivity (Wildman–Crippen MR) is 75.0 cm³/mol. The maximum Gasteiger partial charge on any atom is 0.328 e. The summed E-state index contributed by atoms with van der Waals surface area (Å²) in [6.07, 6.45) is 1.91. The first kappa shape index (κ1) is 15.2. The van der Waals surface area contributed by atoms with E-state index in [0.29, 0.717) is 15.8 Å². The van der Waals surface area contributed by atoms with Crippen LogP contribution in [0.15, 0.2) is 28.7 Å². The highest BCUT2D eigenvalue weighted by Crippen LogP contribution is 2.27. The van der Waals surface area contributed by atoms with Gasteiger partial charge in [0.15, 0.2) is 6.10 Å². The van der Waals surface area contributed by atoms with Crippen molar-refractivity contribution >= 4 is 33.9 Å². The van der Waals surface area contributed by atoms with Crippen LogP contribution in [0.1, 0.15) is 12.5 Å². The minimum Gasteiger partial charge on any atom is -0.480 e. The number of amides is 1. The molecule has 1 rings (SSSR count). The van der Waals surface area contributed by atoms with Gasteiger partial charge in [-0.1, -0.05) is 6.07 Å². The Morgan fingerprint density at radius 1 is 1.47 bits per heavy atom. The molecule has 102 valence electrons. The monoisotopic (exact) mass is 327 g/mol. The molecule has 1 atom stereocenters. The number of likely N-dealkylation sites (N-methyl/N-ethyl adjacent to an activating group) is 1. The van der Waals surface area contributed by atoms with Gasteiger partial charge < -0.3 is 15.2 Å². The molecular formula is C13H14BrNO4. The Balaban J connectivity index is 2.83. The molecule has 0 heterocycles. The van der Waals surface area contributed by atoms with Crippen LogP contribution >= 0.6 is 15.9 Å². The smallest absolute Gasteiger partial charge is 0.328 e. The molecular weight excluding hydrogens is 314 g/mol. The van der Waals surface area contributed by atoms with Gasteiger partial charge in [-0.25, -0.2) is 4.79 Å². The molecule has 19 heavy (non-hydrogen) atoms. The van der Waals surface area contributed by atoms with E-state index in [-0.39, 0.29) is 5.91 Å². The van der Waals surface area contributed by atoms with E-state index < -0.39 is 12.1 Å². The topological polar surface area (TPSA) is 75.6 Å². The number of hydrogen-bond acceptors (Lipinski definition) is 3. The molecule has 6 heteroatoms. The minimum atomic E-state index is -1.01. The first-order valence-corrected chi connectivity index (χ1v) is 6.32. The van der Waals surface area contributed by atoms with Crippen LogP contribution in [-0.2, 0) is 9.59 Å². The number of ether oxygens (including phenoxy) is 1. The fourth-order valence-corrected chi connectivity index (χ4v) is 1.82. The molecule has 0 spiro atoms. The first-order valence-electron chi connectivity index (χ1n) is 5.53. The number of hydrogen-bond donors (Lipinski definition) is 2. The Labute approximate surface area is 119 Å². The number of nitrogens with one attached hydrogen (secondary N) is 1. The Morgan fingerprint density at radius 3 is 2.68 bits per heavy atom. The molecule has 0 aliphatic heterocycles. The zero-order chi connectivity index (χ0) is 14.4. The molecule has 0 bridgehead atoms. The van der Waals surface area contributed by atoms with Gasteiger partial charge in [-0.15, -0.1) is 0 Å². The second kappa shape index (κ2) is 6.94. The Bertz CT molecular complexity index is 513. The highest BCUT2D eigenvalue weighted by Gasteiger charge is 2.14. The molecule has 0 aliphatic rings. The molecule has 5 nitrogen and oxygen atoms in total. The van der Waals surface area contributed by atoms with Crippen LogP contribution in [0.3, 0.4) is 0 Å². The van der Waals surface area contributed by atoms with E-state index in [4.69, 9.17) is 9.84 Å². The maximum atomic E-state index is 11.3. The molecule has 2 N–H and O–H groups in total. The summed E-state index contributed by atoms with van der Waals surface area (Å²) in [5.74, 6) is -0.713. The van der Waals surface area contributed by atoms with E-state index in [0.717, 1.165) is 6.08 Å². The summed E-state index contributed by atoms with van der Waals surface area (Å²) >= 11 is 3.32. The van der Waals surface area contributed by atoms with Crippen molar-refractivity contribution in [3.8, 4) is 5.75 Å². The fraction of sp³-hybridized carbons (Fsp3) is 0.231. The summed E-state index contributed by atoms with van der Waals surface area (Å²) in [6.45, 7) is 1.64. The third-order valence-electron chi connectivity index (χ3n) is 2.29. The molecule has 1 unspecified atom stereocenters. The molecule has 1 aromatic carbocycles. The molecule has 0 aromatic heterocycles. The summed E-state index contributed by atoms with van der Waals surface area (Å²) in [7, 11) is 1.54. The molecule has 0 aliphatic carbocycles. The van der Waals surface area contributed by atoms with Crippen molar-refractivity contribution in [1.29, 1.82) is 0 Å². The normalized spacial score (nSPS) is 12.2. The maximum absolute atomic E-state index is 11.3. The lowest BCUT2D eigenvalue weighted by Crippen LogP contribution is -2.33. The van der Waals surface area contributed by atoms with Crippen molar-refractivity contribution in [1.82, 2.24) is 5.32 Å². The summed E-state index contributed by atoms with van der Waals surface area (Å²) in [5.41, 5.74) is 0.717. The number of carbonyl (C=O) groups is 2. The van der Waals surface area contributed by atoms with Crippen LogP contribution in [0.2, 0.25) is 0 Å². The third-order valence-corrected chi connectivity index (χ3v) is 2.91. The van der Waals surface area contributed by atoms with Gasteiger partial charge in [-0.3, -0.25) is 4.79 Å². The third kappa shape index (κ3) is 4.75. The van der Waals surface area contributed by atoms with Crippen molar-refractivity contribution in [3.63, 3.8) is 0 Å². The van der Waals surface area contributed by atoms with Gasteiger partial charge in [0.1, 0.15) is 5.75 Å². The number of halogens is 1. The fourth-order valence-electron chi connectivity index (χ4n) is 1.33. The van der Waals surface area contributed by atoms with Crippen molar-refractivity contribution < 1.29 is 19.4 Å². The Hall–Kier alpha value is -1.82. The van der Waals surface area contributed by atoms with E-state index in [1.165, 1.54) is 13.1 Å². The standard InChI is InChI=1S/C13H14BrNO4/c1-8(13(18)15-2)19-11-5-3-9(7-10(11)14)4-6-12(16)17/h3-8H,1-2H3,(H,15,18)(H,16,17). The number of rotatable bonds is 5. The highest BCUT2D eigenvalue weighted by molar-refractivity contribution is 9.10. The van der Waals surface area contributed by atoms with Gasteiger partial charge in [-0.2, -0.15) is 0 Å². The van der Waals surface area contributed by atoms with Gasteiger partial charge in [-0.05, 0) is 46.6 Å². The van der Waals surface area contributed by atoms with Gasteiger partial charge in [0.25, 0.3) is 5.91 Å². The van der Waals surface area contributed by atoms with Gasteiger partial charge in [0, 0.05) is 13.1 Å². The molecule has 0 fully saturated rings. The van der Waals surface area contributed by atoms with Crippen LogP contribution in [0.5, 0.6) is 5.75 Å². The second-order valence-corrected chi connectivity index (χ2v) is 4.59. The zero-order valence-electron chi connectivity index (χ0n) is 10.5. The molecule has 0 radical (unpaired) electrons. The number of aliphatic carboxylic acids is 1. The van der Waals surface area contributed by atoms with E-state index in [9.17, 15) is 9.59 Å². The molecule has 1 amide bonds. The number of carboxylic acids is 1. The first-order chi connectivity index (χ1) is 8.93. The van der Waals surface area contributed by atoms with Gasteiger partial charge >= 0.3 is 5.97 Å². The minimum absolute atomic E-state index is 0.221. The summed E-state index contributed by atoms with van der Waals surface area (Å²) in [4.78, 5) is 21.8. The van der Waals surface area contributed by atoms with E-state index in [1.807, 2.05) is 0 Å². The summed E-state index contributed by atoms with van der Waals surface area (Å²) < 4.78 is 6.13. The number of benzene rings is 1. The quantitative estimate of drug-likeness (QED) is 0.812. The lowest BCUT2D eigenvalue weighted by molar-refractivity contribution is -0.131. The Kier molecular flexibility index (Phi) is 5.57. The van der Waals surface area contributed by atoms with Crippen molar-refractivity contribution in [3.05, 3.63) is 34.3 Å². The average molecular weight is 328 g/mol. The lowest BCUT2D eigenvalue weighted by Gasteiger charge is -2.14. The molecule has 0 saturated heterocycles. The summed E-state index contributed by atoms with van der Waals surface area (Å²) in [6, 6.07) is 5.09.